The summed E-state index contributed by atoms with van der Waals surface area (Å²) >= 11 is 0. The molecular weight excluding hydrogens is 348 g/mol. The average molecular weight is 370 g/mol. The zero-order valence-corrected chi connectivity index (χ0v) is 16.0. The summed E-state index contributed by atoms with van der Waals surface area (Å²) in [5.74, 6) is -0.0631. The number of benzene rings is 1. The fourth-order valence-corrected chi connectivity index (χ4v) is 2.79. The van der Waals surface area contributed by atoms with E-state index >= 15 is 0 Å². The van der Waals surface area contributed by atoms with Crippen molar-refractivity contribution in [3.05, 3.63) is 46.3 Å². The Kier molecular flexibility index (Phi) is 6.24. The summed E-state index contributed by atoms with van der Waals surface area (Å²) < 4.78 is 16.0. The molecule has 0 fully saturated rings. The SMILES string of the molecule is CCOC(=O)c1c(C)[nH]c(C(=O)[C@@H](C)Oc2ccc(C#N)cc2OC)c1C. The van der Waals surface area contributed by atoms with E-state index in [1.54, 1.807) is 39.8 Å². The highest BCUT2D eigenvalue weighted by Gasteiger charge is 2.27. The zero-order valence-electron chi connectivity index (χ0n) is 16.0. The number of hydrogen-bond acceptors (Lipinski definition) is 6. The molecule has 2 rings (SSSR count). The number of ketones is 1. The lowest BCUT2D eigenvalue weighted by molar-refractivity contribution is 0.0525. The van der Waals surface area contributed by atoms with Gasteiger partial charge in [0.15, 0.2) is 17.6 Å². The van der Waals surface area contributed by atoms with E-state index in [1.165, 1.54) is 13.2 Å². The Morgan fingerprint density at radius 3 is 2.56 bits per heavy atom. The molecule has 27 heavy (non-hydrogen) atoms. The average Bonchev–Trinajstić information content (AvgIpc) is 2.95. The number of rotatable bonds is 7. The van der Waals surface area contributed by atoms with Crippen LogP contribution in [-0.4, -0.2) is 36.6 Å². The second kappa shape index (κ2) is 8.41. The number of esters is 1. The number of H-pyrrole nitrogens is 1. The topological polar surface area (TPSA) is 101 Å². The Hall–Kier alpha value is -3.27. The van der Waals surface area contributed by atoms with Gasteiger partial charge in [0.25, 0.3) is 0 Å². The molecular formula is C20H22N2O5. The molecule has 0 amide bonds. The Balaban J connectivity index is 2.27. The molecule has 0 aliphatic heterocycles. The number of nitrogens with zero attached hydrogens (tertiary/aromatic N) is 1. The van der Waals surface area contributed by atoms with Gasteiger partial charge in [-0.2, -0.15) is 5.26 Å². The molecule has 1 aromatic heterocycles. The Labute approximate surface area is 157 Å². The highest BCUT2D eigenvalue weighted by atomic mass is 16.5. The van der Waals surface area contributed by atoms with Gasteiger partial charge in [-0.05, 0) is 45.4 Å². The van der Waals surface area contributed by atoms with Crippen molar-refractivity contribution in [2.75, 3.05) is 13.7 Å². The van der Waals surface area contributed by atoms with Crippen LogP contribution in [0.3, 0.4) is 0 Å². The lowest BCUT2D eigenvalue weighted by Gasteiger charge is -2.16. The third-order valence-corrected chi connectivity index (χ3v) is 4.13. The number of methoxy groups -OCH3 is 1. The minimum absolute atomic E-state index is 0.254. The van der Waals surface area contributed by atoms with Crippen LogP contribution >= 0.6 is 0 Å². The van der Waals surface area contributed by atoms with E-state index in [2.05, 4.69) is 4.98 Å². The quantitative estimate of drug-likeness (QED) is 0.592. The molecule has 0 aliphatic rings. The maximum atomic E-state index is 12.8. The van der Waals surface area contributed by atoms with Crippen molar-refractivity contribution in [3.8, 4) is 17.6 Å². The first-order valence-corrected chi connectivity index (χ1v) is 8.49. The van der Waals surface area contributed by atoms with Crippen LogP contribution in [0.5, 0.6) is 11.5 Å². The van der Waals surface area contributed by atoms with E-state index < -0.39 is 12.1 Å². The van der Waals surface area contributed by atoms with Crippen molar-refractivity contribution in [1.82, 2.24) is 4.98 Å². The van der Waals surface area contributed by atoms with Crippen molar-refractivity contribution < 1.29 is 23.8 Å². The number of ether oxygens (including phenoxy) is 3. The van der Waals surface area contributed by atoms with Crippen molar-refractivity contribution in [3.63, 3.8) is 0 Å². The van der Waals surface area contributed by atoms with E-state index in [4.69, 9.17) is 19.5 Å². The van der Waals surface area contributed by atoms with Crippen molar-refractivity contribution >= 4 is 11.8 Å². The van der Waals surface area contributed by atoms with Gasteiger partial charge in [0, 0.05) is 11.8 Å². The summed E-state index contributed by atoms with van der Waals surface area (Å²) in [4.78, 5) is 27.9. The fourth-order valence-electron chi connectivity index (χ4n) is 2.79. The minimum Gasteiger partial charge on any atom is -0.493 e. The summed E-state index contributed by atoms with van der Waals surface area (Å²) in [6.07, 6.45) is -0.835. The Morgan fingerprint density at radius 2 is 1.96 bits per heavy atom. The van der Waals surface area contributed by atoms with Crippen molar-refractivity contribution in [1.29, 1.82) is 5.26 Å². The molecule has 0 spiro atoms. The first kappa shape index (κ1) is 20.0. The maximum Gasteiger partial charge on any atom is 0.340 e. The van der Waals surface area contributed by atoms with Crippen molar-refractivity contribution in [2.24, 2.45) is 0 Å². The molecule has 1 aromatic carbocycles. The van der Waals surface area contributed by atoms with Crippen LogP contribution < -0.4 is 9.47 Å². The zero-order chi connectivity index (χ0) is 20.1. The van der Waals surface area contributed by atoms with Gasteiger partial charge in [0.2, 0.25) is 5.78 Å². The largest absolute Gasteiger partial charge is 0.493 e. The van der Waals surface area contributed by atoms with Crippen LogP contribution in [-0.2, 0) is 4.74 Å². The van der Waals surface area contributed by atoms with Gasteiger partial charge in [-0.25, -0.2) is 4.79 Å². The molecule has 0 radical (unpaired) electrons. The number of aromatic nitrogens is 1. The molecule has 7 nitrogen and oxygen atoms in total. The van der Waals surface area contributed by atoms with Gasteiger partial charge in [-0.15, -0.1) is 0 Å². The normalized spacial score (nSPS) is 11.4. The number of carbonyl (C=O) groups excluding carboxylic acids is 2. The molecule has 7 heteroatoms. The van der Waals surface area contributed by atoms with E-state index in [0.29, 0.717) is 39.6 Å². The van der Waals surface area contributed by atoms with Crippen LogP contribution in [0.2, 0.25) is 0 Å². The number of nitriles is 1. The molecule has 2 aromatic rings. The molecule has 0 aliphatic carbocycles. The van der Waals surface area contributed by atoms with Gasteiger partial charge in [0.1, 0.15) is 0 Å². The van der Waals surface area contributed by atoms with Crippen molar-refractivity contribution in [2.45, 2.75) is 33.8 Å². The Bertz CT molecular complexity index is 908. The monoisotopic (exact) mass is 370 g/mol. The fraction of sp³-hybridized carbons (Fsp3) is 0.350. The molecule has 1 N–H and O–H groups in total. The second-order valence-corrected chi connectivity index (χ2v) is 5.95. The standard InChI is InChI=1S/C20H22N2O5/c1-6-26-20(24)17-11(2)18(22-12(17)3)19(23)13(4)27-15-8-7-14(10-21)9-16(15)25-5/h7-9,13,22H,6H2,1-5H3/t13-/m1/s1. The van der Waals surface area contributed by atoms with Gasteiger partial charge in [-0.1, -0.05) is 0 Å². The number of Topliss-reactive ketones (excluding diaryl/α,β-unsaturated/α-hetero) is 1. The van der Waals surface area contributed by atoms with Gasteiger partial charge < -0.3 is 19.2 Å². The lowest BCUT2D eigenvalue weighted by atomic mass is 10.1. The summed E-state index contributed by atoms with van der Waals surface area (Å²) in [7, 11) is 1.46. The van der Waals surface area contributed by atoms with E-state index in [-0.39, 0.29) is 12.4 Å². The summed E-state index contributed by atoms with van der Waals surface area (Å²) in [6.45, 7) is 7.00. The smallest absolute Gasteiger partial charge is 0.340 e. The predicted octanol–water partition coefficient (Wildman–Crippen LogP) is 3.34. The lowest BCUT2D eigenvalue weighted by Crippen LogP contribution is -2.25. The molecule has 0 bridgehead atoms. The number of nitrogens with one attached hydrogen (secondary N) is 1. The molecule has 142 valence electrons. The second-order valence-electron chi connectivity index (χ2n) is 5.95. The van der Waals surface area contributed by atoms with Gasteiger partial charge in [0.05, 0.1) is 36.6 Å². The van der Waals surface area contributed by atoms with Crippen LogP contribution in [0, 0.1) is 25.2 Å². The van der Waals surface area contributed by atoms with Crippen LogP contribution in [0.15, 0.2) is 18.2 Å². The summed E-state index contributed by atoms with van der Waals surface area (Å²) in [5, 5.41) is 8.97. The molecule has 0 saturated heterocycles. The molecule has 1 heterocycles. The van der Waals surface area contributed by atoms with Gasteiger partial charge >= 0.3 is 5.97 Å². The number of aryl methyl sites for hydroxylation is 1. The number of carbonyl (C=O) groups is 2. The third kappa shape index (κ3) is 4.11. The van der Waals surface area contributed by atoms with E-state index in [0.717, 1.165) is 0 Å². The highest BCUT2D eigenvalue weighted by molar-refractivity contribution is 6.03. The first-order chi connectivity index (χ1) is 12.8. The summed E-state index contributed by atoms with van der Waals surface area (Å²) in [5.41, 5.74) is 2.18. The first-order valence-electron chi connectivity index (χ1n) is 8.49. The summed E-state index contributed by atoms with van der Waals surface area (Å²) in [6, 6.07) is 6.72. The van der Waals surface area contributed by atoms with E-state index in [1.807, 2.05) is 6.07 Å². The number of hydrogen-bond donors (Lipinski definition) is 1. The highest BCUT2D eigenvalue weighted by Crippen LogP contribution is 2.29. The minimum atomic E-state index is -0.835. The molecule has 0 saturated carbocycles. The molecule has 1 atom stereocenters. The van der Waals surface area contributed by atoms with Crippen LogP contribution in [0.1, 0.15) is 51.5 Å². The number of aromatic amines is 1. The predicted molar refractivity (Wildman–Crippen MR) is 98.4 cm³/mol. The van der Waals surface area contributed by atoms with Gasteiger partial charge in [-0.3, -0.25) is 4.79 Å². The van der Waals surface area contributed by atoms with Crippen LogP contribution in [0.25, 0.3) is 0 Å². The third-order valence-electron chi connectivity index (χ3n) is 4.13. The maximum absolute atomic E-state index is 12.8. The Morgan fingerprint density at radius 1 is 1.26 bits per heavy atom. The van der Waals surface area contributed by atoms with Crippen LogP contribution in [0.4, 0.5) is 0 Å². The molecule has 0 unspecified atom stereocenters. The van der Waals surface area contributed by atoms with E-state index in [9.17, 15) is 9.59 Å².